The van der Waals surface area contributed by atoms with Crippen LogP contribution in [0.25, 0.3) is 0 Å². The van der Waals surface area contributed by atoms with Gasteiger partial charge in [-0.15, -0.1) is 0 Å². The number of rotatable bonds is 3. The minimum absolute atomic E-state index is 0.216. The maximum atomic E-state index is 11.2. The SMILES string of the molecule is O=C1C[C@H](NCc2ccncc2)C(=O)N1. The van der Waals surface area contributed by atoms with Gasteiger partial charge >= 0.3 is 0 Å². The molecule has 1 aromatic heterocycles. The van der Waals surface area contributed by atoms with Crippen molar-refractivity contribution in [1.82, 2.24) is 15.6 Å². The molecule has 1 aromatic rings. The summed E-state index contributed by atoms with van der Waals surface area (Å²) in [4.78, 5) is 26.0. The molecule has 0 spiro atoms. The van der Waals surface area contributed by atoms with Crippen molar-refractivity contribution < 1.29 is 9.59 Å². The molecule has 78 valence electrons. The lowest BCUT2D eigenvalue weighted by Gasteiger charge is -2.08. The Hall–Kier alpha value is -1.75. The first kappa shape index (κ1) is 9.79. The molecular formula is C10H11N3O2. The Kier molecular flexibility index (Phi) is 2.73. The molecule has 0 unspecified atom stereocenters. The second-order valence-electron chi connectivity index (χ2n) is 3.41. The highest BCUT2D eigenvalue weighted by atomic mass is 16.2. The predicted molar refractivity (Wildman–Crippen MR) is 52.6 cm³/mol. The third-order valence-electron chi connectivity index (χ3n) is 2.27. The number of pyridine rings is 1. The number of hydrogen-bond acceptors (Lipinski definition) is 4. The Morgan fingerprint density at radius 3 is 2.73 bits per heavy atom. The Morgan fingerprint density at radius 2 is 2.13 bits per heavy atom. The van der Waals surface area contributed by atoms with Crippen LogP contribution in [0.4, 0.5) is 0 Å². The van der Waals surface area contributed by atoms with E-state index < -0.39 is 6.04 Å². The molecular weight excluding hydrogens is 194 g/mol. The molecule has 1 aliphatic heterocycles. The minimum Gasteiger partial charge on any atom is -0.301 e. The first-order valence-electron chi connectivity index (χ1n) is 4.71. The summed E-state index contributed by atoms with van der Waals surface area (Å²) in [6, 6.07) is 3.33. The topological polar surface area (TPSA) is 71.1 Å². The number of carbonyl (C=O) groups is 2. The van der Waals surface area contributed by atoms with Gasteiger partial charge in [-0.2, -0.15) is 0 Å². The molecule has 1 fully saturated rings. The summed E-state index contributed by atoms with van der Waals surface area (Å²) >= 11 is 0. The van der Waals surface area contributed by atoms with E-state index in [4.69, 9.17) is 0 Å². The largest absolute Gasteiger partial charge is 0.301 e. The highest BCUT2D eigenvalue weighted by molar-refractivity contribution is 6.05. The predicted octanol–water partition coefficient (Wildman–Crippen LogP) is -0.414. The molecule has 2 amide bonds. The molecule has 15 heavy (non-hydrogen) atoms. The van der Waals surface area contributed by atoms with Gasteiger partial charge in [0.25, 0.3) is 0 Å². The molecule has 0 bridgehead atoms. The standard InChI is InChI=1S/C10H11N3O2/c14-9-5-8(10(15)13-9)12-6-7-1-3-11-4-2-7/h1-4,8,12H,5-6H2,(H,13,14,15)/t8-/m0/s1. The highest BCUT2D eigenvalue weighted by Gasteiger charge is 2.29. The van der Waals surface area contributed by atoms with Crippen LogP contribution >= 0.6 is 0 Å². The van der Waals surface area contributed by atoms with Crippen molar-refractivity contribution in [3.63, 3.8) is 0 Å². The van der Waals surface area contributed by atoms with Crippen LogP contribution < -0.4 is 10.6 Å². The van der Waals surface area contributed by atoms with Gasteiger partial charge in [0.2, 0.25) is 11.8 Å². The van der Waals surface area contributed by atoms with Gasteiger partial charge < -0.3 is 5.32 Å². The van der Waals surface area contributed by atoms with E-state index in [1.54, 1.807) is 12.4 Å². The lowest BCUT2D eigenvalue weighted by molar-refractivity contribution is -0.125. The molecule has 2 heterocycles. The van der Waals surface area contributed by atoms with E-state index in [0.29, 0.717) is 6.54 Å². The fraction of sp³-hybridized carbons (Fsp3) is 0.300. The number of hydrogen-bond donors (Lipinski definition) is 2. The summed E-state index contributed by atoms with van der Waals surface area (Å²) < 4.78 is 0. The Balaban J connectivity index is 1.89. The molecule has 0 saturated carbocycles. The van der Waals surface area contributed by atoms with Crippen LogP contribution in [0.15, 0.2) is 24.5 Å². The van der Waals surface area contributed by atoms with Crippen molar-refractivity contribution in [2.45, 2.75) is 19.0 Å². The van der Waals surface area contributed by atoms with E-state index in [-0.39, 0.29) is 18.2 Å². The van der Waals surface area contributed by atoms with Crippen molar-refractivity contribution >= 4 is 11.8 Å². The molecule has 0 aromatic carbocycles. The summed E-state index contributed by atoms with van der Waals surface area (Å²) in [6.45, 7) is 0.563. The summed E-state index contributed by atoms with van der Waals surface area (Å²) in [6.07, 6.45) is 3.61. The number of amides is 2. The number of nitrogens with one attached hydrogen (secondary N) is 2. The number of aromatic nitrogens is 1. The van der Waals surface area contributed by atoms with E-state index in [1.165, 1.54) is 0 Å². The molecule has 1 aliphatic rings. The Bertz CT molecular complexity index is 378. The van der Waals surface area contributed by atoms with Gasteiger partial charge in [-0.05, 0) is 17.7 Å². The third-order valence-corrected chi connectivity index (χ3v) is 2.27. The first-order chi connectivity index (χ1) is 7.25. The summed E-state index contributed by atoms with van der Waals surface area (Å²) in [5.41, 5.74) is 1.04. The summed E-state index contributed by atoms with van der Waals surface area (Å²) in [7, 11) is 0. The normalized spacial score (nSPS) is 20.4. The van der Waals surface area contributed by atoms with Crippen LogP contribution in [0.3, 0.4) is 0 Å². The lowest BCUT2D eigenvalue weighted by Crippen LogP contribution is -2.35. The average Bonchev–Trinajstić information content (AvgIpc) is 2.56. The second-order valence-corrected chi connectivity index (χ2v) is 3.41. The van der Waals surface area contributed by atoms with E-state index in [0.717, 1.165) is 5.56 Å². The summed E-state index contributed by atoms with van der Waals surface area (Å²) in [5, 5.41) is 5.27. The van der Waals surface area contributed by atoms with Crippen molar-refractivity contribution in [3.05, 3.63) is 30.1 Å². The van der Waals surface area contributed by atoms with Crippen molar-refractivity contribution in [2.75, 3.05) is 0 Å². The van der Waals surface area contributed by atoms with Crippen LogP contribution in [-0.2, 0) is 16.1 Å². The van der Waals surface area contributed by atoms with Crippen LogP contribution in [0.2, 0.25) is 0 Å². The third kappa shape index (κ3) is 2.38. The zero-order valence-electron chi connectivity index (χ0n) is 8.06. The van der Waals surface area contributed by atoms with Gasteiger partial charge in [0, 0.05) is 18.9 Å². The average molecular weight is 205 g/mol. The van der Waals surface area contributed by atoms with Gasteiger partial charge in [-0.25, -0.2) is 0 Å². The fourth-order valence-electron chi connectivity index (χ4n) is 1.46. The molecule has 2 N–H and O–H groups in total. The maximum Gasteiger partial charge on any atom is 0.244 e. The van der Waals surface area contributed by atoms with Gasteiger partial charge in [0.15, 0.2) is 0 Å². The zero-order chi connectivity index (χ0) is 10.7. The monoisotopic (exact) mass is 205 g/mol. The van der Waals surface area contributed by atoms with Crippen LogP contribution in [0.5, 0.6) is 0 Å². The van der Waals surface area contributed by atoms with Crippen molar-refractivity contribution in [1.29, 1.82) is 0 Å². The van der Waals surface area contributed by atoms with Crippen molar-refractivity contribution in [3.8, 4) is 0 Å². The zero-order valence-corrected chi connectivity index (χ0v) is 8.06. The number of carbonyl (C=O) groups excluding carboxylic acids is 2. The van der Waals surface area contributed by atoms with Crippen LogP contribution in [-0.4, -0.2) is 22.8 Å². The summed E-state index contributed by atoms with van der Waals surface area (Å²) in [5.74, 6) is -0.457. The molecule has 2 rings (SSSR count). The number of nitrogens with zero attached hydrogens (tertiary/aromatic N) is 1. The second kappa shape index (κ2) is 4.18. The Labute approximate surface area is 86.9 Å². The lowest BCUT2D eigenvalue weighted by atomic mass is 10.2. The molecule has 0 aliphatic carbocycles. The fourth-order valence-corrected chi connectivity index (χ4v) is 1.46. The van der Waals surface area contributed by atoms with E-state index in [9.17, 15) is 9.59 Å². The molecule has 0 radical (unpaired) electrons. The van der Waals surface area contributed by atoms with E-state index >= 15 is 0 Å². The van der Waals surface area contributed by atoms with Gasteiger partial charge in [-0.3, -0.25) is 19.9 Å². The quantitative estimate of drug-likeness (QED) is 0.658. The van der Waals surface area contributed by atoms with Gasteiger partial charge in [-0.1, -0.05) is 0 Å². The molecule has 5 nitrogen and oxygen atoms in total. The van der Waals surface area contributed by atoms with Gasteiger partial charge in [0.05, 0.1) is 12.5 Å². The van der Waals surface area contributed by atoms with Crippen LogP contribution in [0.1, 0.15) is 12.0 Å². The van der Waals surface area contributed by atoms with Crippen LogP contribution in [0, 0.1) is 0 Å². The first-order valence-corrected chi connectivity index (χ1v) is 4.71. The van der Waals surface area contributed by atoms with E-state index in [1.807, 2.05) is 12.1 Å². The number of imide groups is 1. The smallest absolute Gasteiger partial charge is 0.244 e. The minimum atomic E-state index is -0.398. The van der Waals surface area contributed by atoms with E-state index in [2.05, 4.69) is 15.6 Å². The maximum absolute atomic E-state index is 11.2. The van der Waals surface area contributed by atoms with Gasteiger partial charge in [0.1, 0.15) is 0 Å². The molecule has 5 heteroatoms. The highest BCUT2D eigenvalue weighted by Crippen LogP contribution is 2.03. The Morgan fingerprint density at radius 1 is 1.40 bits per heavy atom. The molecule has 1 saturated heterocycles. The molecule has 1 atom stereocenters. The van der Waals surface area contributed by atoms with Crippen molar-refractivity contribution in [2.24, 2.45) is 0 Å².